The zero-order chi connectivity index (χ0) is 8.85. The molecule has 0 amide bonds. The van der Waals surface area contributed by atoms with E-state index in [1.54, 1.807) is 0 Å². The average Bonchev–Trinajstić information content (AvgIpc) is 1.82. The Labute approximate surface area is 93.4 Å². The van der Waals surface area contributed by atoms with Gasteiger partial charge in [-0.1, -0.05) is 4.52 Å². The molecule has 0 saturated carbocycles. The number of hydrogen-bond donors (Lipinski definition) is 3. The number of hydrogen-bond acceptors (Lipinski definition) is 5. The van der Waals surface area contributed by atoms with E-state index in [-0.39, 0.29) is 31.0 Å². The Kier molecular flexibility index (Phi) is 11.1. The van der Waals surface area contributed by atoms with Gasteiger partial charge >= 0.3 is 46.1 Å². The SMILES string of the molecule is O=[P+](O)OCC(O)O[P+](=O)O.[H-].[Na+]. The van der Waals surface area contributed by atoms with Gasteiger partial charge in [0.25, 0.3) is 0 Å². The molecule has 3 atom stereocenters. The third-order valence-corrected chi connectivity index (χ3v) is 1.33. The zero-order valence-corrected chi connectivity index (χ0v) is 9.94. The van der Waals surface area contributed by atoms with E-state index in [0.717, 1.165) is 0 Å². The van der Waals surface area contributed by atoms with E-state index in [9.17, 15) is 9.13 Å². The van der Waals surface area contributed by atoms with Crippen LogP contribution >= 0.6 is 16.5 Å². The summed E-state index contributed by atoms with van der Waals surface area (Å²) in [5.74, 6) is 0. The van der Waals surface area contributed by atoms with Crippen molar-refractivity contribution in [1.29, 1.82) is 0 Å². The summed E-state index contributed by atoms with van der Waals surface area (Å²) >= 11 is 0. The molecular formula is C2H7NaO7P2+2. The van der Waals surface area contributed by atoms with Crippen molar-refractivity contribution in [2.24, 2.45) is 0 Å². The van der Waals surface area contributed by atoms with Crippen LogP contribution in [-0.4, -0.2) is 27.8 Å². The Morgan fingerprint density at radius 2 is 1.83 bits per heavy atom. The standard InChI is InChI=1S/C2H4O7P2.Na.H/c3-2(9-11(6)7)1-8-10(4)5;;/h2-3H,1H2;;/q;+1;-1/p+2. The molecule has 0 radical (unpaired) electrons. The van der Waals surface area contributed by atoms with E-state index in [1.807, 2.05) is 0 Å². The van der Waals surface area contributed by atoms with Crippen LogP contribution in [0, 0.1) is 0 Å². The van der Waals surface area contributed by atoms with Crippen LogP contribution in [0.4, 0.5) is 0 Å². The second-order valence-electron chi connectivity index (χ2n) is 1.33. The van der Waals surface area contributed by atoms with Gasteiger partial charge in [0, 0.05) is 9.13 Å². The maximum atomic E-state index is 9.83. The predicted molar refractivity (Wildman–Crippen MR) is 33.8 cm³/mol. The van der Waals surface area contributed by atoms with Crippen LogP contribution < -0.4 is 29.6 Å². The van der Waals surface area contributed by atoms with Gasteiger partial charge in [0.1, 0.15) is 0 Å². The molecule has 12 heavy (non-hydrogen) atoms. The first kappa shape index (κ1) is 15.5. The molecule has 10 heteroatoms. The topological polar surface area (TPSA) is 113 Å². The molecule has 3 N–H and O–H groups in total. The fourth-order valence-corrected chi connectivity index (χ4v) is 0.786. The largest absolute Gasteiger partial charge is 1.00 e. The van der Waals surface area contributed by atoms with E-state index >= 15 is 0 Å². The fraction of sp³-hybridized carbons (Fsp3) is 1.00. The molecule has 7 nitrogen and oxygen atoms in total. The Morgan fingerprint density at radius 3 is 2.17 bits per heavy atom. The van der Waals surface area contributed by atoms with Gasteiger partial charge in [0.05, 0.1) is 0 Å². The van der Waals surface area contributed by atoms with E-state index < -0.39 is 29.4 Å². The molecule has 0 bridgehead atoms. The second-order valence-corrected chi connectivity index (χ2v) is 2.75. The molecule has 0 aromatic heterocycles. The summed E-state index contributed by atoms with van der Waals surface area (Å²) in [4.78, 5) is 16.0. The molecule has 0 aromatic carbocycles. The van der Waals surface area contributed by atoms with E-state index in [0.29, 0.717) is 0 Å². The molecule has 66 valence electrons. The number of aliphatic hydroxyl groups is 1. The molecule has 0 aromatic rings. The average molecular weight is 228 g/mol. The van der Waals surface area contributed by atoms with Crippen LogP contribution in [0.3, 0.4) is 0 Å². The van der Waals surface area contributed by atoms with Crippen molar-refractivity contribution in [3.8, 4) is 0 Å². The van der Waals surface area contributed by atoms with Crippen molar-refractivity contribution in [1.82, 2.24) is 0 Å². The Hall–Kier alpha value is 1.00. The van der Waals surface area contributed by atoms with Crippen LogP contribution in [0.5, 0.6) is 0 Å². The number of aliphatic hydroxyl groups excluding tert-OH is 1. The normalized spacial score (nSPS) is 14.6. The molecule has 0 spiro atoms. The third kappa shape index (κ3) is 11.0. The van der Waals surface area contributed by atoms with Gasteiger partial charge in [0.2, 0.25) is 6.29 Å². The van der Waals surface area contributed by atoms with Gasteiger partial charge in [0.15, 0.2) is 6.61 Å². The summed E-state index contributed by atoms with van der Waals surface area (Å²) in [5, 5.41) is 8.54. The summed E-state index contributed by atoms with van der Waals surface area (Å²) < 4.78 is 27.5. The second kappa shape index (κ2) is 8.59. The van der Waals surface area contributed by atoms with Gasteiger partial charge < -0.3 is 6.53 Å². The van der Waals surface area contributed by atoms with Gasteiger partial charge in [-0.15, -0.1) is 14.3 Å². The van der Waals surface area contributed by atoms with E-state index in [2.05, 4.69) is 9.05 Å². The van der Waals surface area contributed by atoms with Crippen molar-refractivity contribution in [3.05, 3.63) is 0 Å². The molecule has 0 fully saturated rings. The van der Waals surface area contributed by atoms with Crippen molar-refractivity contribution in [3.63, 3.8) is 0 Å². The molecule has 0 aliphatic heterocycles. The van der Waals surface area contributed by atoms with Crippen LogP contribution in [0.15, 0.2) is 0 Å². The van der Waals surface area contributed by atoms with Crippen LogP contribution in [-0.2, 0) is 18.2 Å². The maximum absolute atomic E-state index is 9.83. The summed E-state index contributed by atoms with van der Waals surface area (Å²) in [6.07, 6.45) is -1.67. The Bertz CT molecular complexity index is 167. The van der Waals surface area contributed by atoms with Crippen LogP contribution in [0.2, 0.25) is 0 Å². The summed E-state index contributed by atoms with van der Waals surface area (Å²) in [5.41, 5.74) is 0. The maximum Gasteiger partial charge on any atom is 1.00 e. The molecular weight excluding hydrogens is 221 g/mol. The van der Waals surface area contributed by atoms with Crippen molar-refractivity contribution >= 4 is 16.5 Å². The molecule has 0 rings (SSSR count). The summed E-state index contributed by atoms with van der Waals surface area (Å²) in [7, 11) is -5.75. The van der Waals surface area contributed by atoms with E-state index in [1.165, 1.54) is 0 Å². The minimum atomic E-state index is -2.93. The summed E-state index contributed by atoms with van der Waals surface area (Å²) in [6, 6.07) is 0. The number of rotatable bonds is 5. The van der Waals surface area contributed by atoms with Crippen LogP contribution in [0.1, 0.15) is 1.43 Å². The van der Waals surface area contributed by atoms with Gasteiger partial charge in [-0.2, -0.15) is 0 Å². The zero-order valence-electron chi connectivity index (χ0n) is 7.15. The molecule has 0 aliphatic carbocycles. The molecule has 0 saturated heterocycles. The Morgan fingerprint density at radius 1 is 1.33 bits per heavy atom. The first-order chi connectivity index (χ1) is 5.02. The summed E-state index contributed by atoms with van der Waals surface area (Å²) in [6.45, 7) is -0.632. The molecule has 0 heterocycles. The van der Waals surface area contributed by atoms with Crippen molar-refractivity contribution < 1.29 is 64.1 Å². The minimum absolute atomic E-state index is 0. The van der Waals surface area contributed by atoms with Crippen LogP contribution in [0.25, 0.3) is 0 Å². The van der Waals surface area contributed by atoms with Gasteiger partial charge in [-0.25, -0.2) is 0 Å². The first-order valence-electron chi connectivity index (χ1n) is 2.32. The van der Waals surface area contributed by atoms with Crippen molar-refractivity contribution in [2.75, 3.05) is 6.61 Å². The fourth-order valence-electron chi connectivity index (χ4n) is 0.262. The first-order valence-corrected chi connectivity index (χ1v) is 4.58. The van der Waals surface area contributed by atoms with Gasteiger partial charge in [-0.3, -0.25) is 0 Å². The Balaban J connectivity index is -0.000000500. The monoisotopic (exact) mass is 228 g/mol. The van der Waals surface area contributed by atoms with E-state index in [4.69, 9.17) is 14.9 Å². The quantitative estimate of drug-likeness (QED) is 0.257. The van der Waals surface area contributed by atoms with Gasteiger partial charge in [-0.05, 0) is 0 Å². The minimum Gasteiger partial charge on any atom is -1.00 e. The molecule has 3 unspecified atom stereocenters. The predicted octanol–water partition coefficient (Wildman–Crippen LogP) is -3.25. The smallest absolute Gasteiger partial charge is 1.00 e. The van der Waals surface area contributed by atoms with Crippen molar-refractivity contribution in [2.45, 2.75) is 6.29 Å². The third-order valence-electron chi connectivity index (χ3n) is 0.539. The molecule has 0 aliphatic rings.